The van der Waals surface area contributed by atoms with Crippen LogP contribution in [0.5, 0.6) is 0 Å². The van der Waals surface area contributed by atoms with Gasteiger partial charge in [-0.1, -0.05) is 50.4 Å². The van der Waals surface area contributed by atoms with Crippen LogP contribution in [0.2, 0.25) is 5.02 Å². The molecule has 0 heterocycles. The van der Waals surface area contributed by atoms with Crippen LogP contribution in [0.3, 0.4) is 0 Å². The molecule has 3 heteroatoms. The average Bonchev–Trinajstić information content (AvgIpc) is 2.40. The van der Waals surface area contributed by atoms with Gasteiger partial charge in [0.2, 0.25) is 0 Å². The van der Waals surface area contributed by atoms with E-state index in [2.05, 4.69) is 19.2 Å². The van der Waals surface area contributed by atoms with E-state index in [1.165, 1.54) is 25.7 Å². The highest BCUT2D eigenvalue weighted by Crippen LogP contribution is 2.30. The smallest absolute Gasteiger partial charge is 0.146 e. The van der Waals surface area contributed by atoms with E-state index in [0.29, 0.717) is 30.0 Å². The van der Waals surface area contributed by atoms with E-state index in [1.54, 1.807) is 12.1 Å². The number of nitrogens with one attached hydrogen (secondary N) is 1. The maximum atomic E-state index is 13.8. The molecule has 1 aliphatic carbocycles. The van der Waals surface area contributed by atoms with Gasteiger partial charge < -0.3 is 5.32 Å². The first kappa shape index (κ1) is 14.8. The minimum Gasteiger partial charge on any atom is -0.310 e. The molecule has 0 aromatic heterocycles. The molecular weight excluding hydrogens is 261 g/mol. The molecule has 2 unspecified atom stereocenters. The van der Waals surface area contributed by atoms with Crippen LogP contribution in [-0.4, -0.2) is 6.04 Å². The standard InChI is InChI=1S/C16H23ClFN/c1-11(2)13-7-3-4-9-15(13)19-10-12-6-5-8-14(17)16(12)18/h5-6,8,11,13,15,19H,3-4,7,9-10H2,1-2H3. The SMILES string of the molecule is CC(C)C1CCCCC1NCc1cccc(Cl)c1F. The lowest BCUT2D eigenvalue weighted by molar-refractivity contribution is 0.204. The van der Waals surface area contributed by atoms with E-state index >= 15 is 0 Å². The Hall–Kier alpha value is -0.600. The first-order chi connectivity index (χ1) is 9.09. The molecule has 0 amide bonds. The third-order valence-electron chi connectivity index (χ3n) is 4.26. The van der Waals surface area contributed by atoms with E-state index in [1.807, 2.05) is 6.07 Å². The lowest BCUT2D eigenvalue weighted by Crippen LogP contribution is -2.40. The zero-order valence-electron chi connectivity index (χ0n) is 11.8. The van der Waals surface area contributed by atoms with Crippen molar-refractivity contribution in [2.75, 3.05) is 0 Å². The molecule has 1 fully saturated rings. The van der Waals surface area contributed by atoms with Gasteiger partial charge in [0, 0.05) is 18.2 Å². The van der Waals surface area contributed by atoms with Crippen LogP contribution in [-0.2, 0) is 6.54 Å². The van der Waals surface area contributed by atoms with Crippen LogP contribution in [0, 0.1) is 17.7 Å². The Morgan fingerprint density at radius 1 is 1.32 bits per heavy atom. The third kappa shape index (κ3) is 3.70. The van der Waals surface area contributed by atoms with Crippen molar-refractivity contribution in [3.63, 3.8) is 0 Å². The summed E-state index contributed by atoms with van der Waals surface area (Å²) in [4.78, 5) is 0. The Morgan fingerprint density at radius 3 is 2.79 bits per heavy atom. The van der Waals surface area contributed by atoms with E-state index in [-0.39, 0.29) is 10.8 Å². The molecule has 106 valence electrons. The lowest BCUT2D eigenvalue weighted by Gasteiger charge is -2.35. The molecule has 1 N–H and O–H groups in total. The topological polar surface area (TPSA) is 12.0 Å². The minimum atomic E-state index is -0.284. The van der Waals surface area contributed by atoms with Crippen LogP contribution < -0.4 is 5.32 Å². The average molecular weight is 284 g/mol. The second kappa shape index (κ2) is 6.71. The molecule has 0 radical (unpaired) electrons. The lowest BCUT2D eigenvalue weighted by atomic mass is 9.78. The maximum absolute atomic E-state index is 13.8. The largest absolute Gasteiger partial charge is 0.310 e. The molecule has 1 saturated carbocycles. The first-order valence-electron chi connectivity index (χ1n) is 7.26. The predicted molar refractivity (Wildman–Crippen MR) is 78.8 cm³/mol. The van der Waals surface area contributed by atoms with Gasteiger partial charge in [-0.2, -0.15) is 0 Å². The summed E-state index contributed by atoms with van der Waals surface area (Å²) in [6.45, 7) is 5.13. The van der Waals surface area contributed by atoms with E-state index in [0.717, 1.165) is 0 Å². The van der Waals surface area contributed by atoms with Crippen molar-refractivity contribution < 1.29 is 4.39 Å². The zero-order chi connectivity index (χ0) is 13.8. The zero-order valence-corrected chi connectivity index (χ0v) is 12.5. The Balaban J connectivity index is 1.98. The number of rotatable bonds is 4. The van der Waals surface area contributed by atoms with Gasteiger partial charge >= 0.3 is 0 Å². The van der Waals surface area contributed by atoms with Crippen LogP contribution in [0.15, 0.2) is 18.2 Å². The number of hydrogen-bond donors (Lipinski definition) is 1. The fourth-order valence-electron chi connectivity index (χ4n) is 3.14. The van der Waals surface area contributed by atoms with Gasteiger partial charge in [-0.25, -0.2) is 4.39 Å². The molecule has 1 aliphatic rings. The number of hydrogen-bond acceptors (Lipinski definition) is 1. The summed E-state index contributed by atoms with van der Waals surface area (Å²) in [5.74, 6) is 1.10. The molecular formula is C16H23ClFN. The van der Waals surface area contributed by atoms with E-state index < -0.39 is 0 Å². The maximum Gasteiger partial charge on any atom is 0.146 e. The van der Waals surface area contributed by atoms with Crippen molar-refractivity contribution in [2.45, 2.75) is 52.1 Å². The summed E-state index contributed by atoms with van der Waals surface area (Å²) in [5.41, 5.74) is 0.667. The number of halogens is 2. The van der Waals surface area contributed by atoms with Gasteiger partial charge in [-0.3, -0.25) is 0 Å². The monoisotopic (exact) mass is 283 g/mol. The summed E-state index contributed by atoms with van der Waals surface area (Å²) in [5, 5.41) is 3.75. The normalized spacial score (nSPS) is 23.8. The van der Waals surface area contributed by atoms with Crippen molar-refractivity contribution in [3.05, 3.63) is 34.6 Å². The third-order valence-corrected chi connectivity index (χ3v) is 4.55. The number of benzene rings is 1. The van der Waals surface area contributed by atoms with Crippen molar-refractivity contribution in [3.8, 4) is 0 Å². The van der Waals surface area contributed by atoms with Crippen molar-refractivity contribution in [1.29, 1.82) is 0 Å². The highest BCUT2D eigenvalue weighted by atomic mass is 35.5. The van der Waals surface area contributed by atoms with Gasteiger partial charge in [0.15, 0.2) is 0 Å². The molecule has 1 nitrogen and oxygen atoms in total. The van der Waals surface area contributed by atoms with Crippen molar-refractivity contribution in [1.82, 2.24) is 5.32 Å². The van der Waals surface area contributed by atoms with Crippen LogP contribution in [0.4, 0.5) is 4.39 Å². The van der Waals surface area contributed by atoms with E-state index in [4.69, 9.17) is 11.6 Å². The van der Waals surface area contributed by atoms with Gasteiger partial charge in [-0.05, 0) is 30.7 Å². The van der Waals surface area contributed by atoms with Gasteiger partial charge in [0.1, 0.15) is 5.82 Å². The van der Waals surface area contributed by atoms with Crippen molar-refractivity contribution >= 4 is 11.6 Å². The molecule has 1 aromatic carbocycles. The highest BCUT2D eigenvalue weighted by Gasteiger charge is 2.27. The van der Waals surface area contributed by atoms with Crippen LogP contribution in [0.25, 0.3) is 0 Å². The molecule has 2 rings (SSSR count). The van der Waals surface area contributed by atoms with Gasteiger partial charge in [0.05, 0.1) is 5.02 Å². The molecule has 1 aromatic rings. The second-order valence-electron chi connectivity index (χ2n) is 5.89. The van der Waals surface area contributed by atoms with Gasteiger partial charge in [0.25, 0.3) is 0 Å². The predicted octanol–water partition coefficient (Wildman–Crippen LogP) is 4.78. The Morgan fingerprint density at radius 2 is 2.05 bits per heavy atom. The molecule has 2 atom stereocenters. The first-order valence-corrected chi connectivity index (χ1v) is 7.63. The van der Waals surface area contributed by atoms with Crippen LogP contribution in [0.1, 0.15) is 45.1 Å². The summed E-state index contributed by atoms with van der Waals surface area (Å²) in [7, 11) is 0. The molecule has 0 spiro atoms. The quantitative estimate of drug-likeness (QED) is 0.838. The summed E-state index contributed by atoms with van der Waals surface area (Å²) in [6.07, 6.45) is 5.09. The highest BCUT2D eigenvalue weighted by molar-refractivity contribution is 6.30. The fraction of sp³-hybridized carbons (Fsp3) is 0.625. The fourth-order valence-corrected chi connectivity index (χ4v) is 3.33. The molecule has 0 saturated heterocycles. The molecule has 19 heavy (non-hydrogen) atoms. The van der Waals surface area contributed by atoms with Crippen molar-refractivity contribution in [2.24, 2.45) is 11.8 Å². The van der Waals surface area contributed by atoms with E-state index in [9.17, 15) is 4.39 Å². The Labute approximate surface area is 120 Å². The van der Waals surface area contributed by atoms with Crippen LogP contribution >= 0.6 is 11.6 Å². The Bertz CT molecular complexity index is 419. The molecule has 0 bridgehead atoms. The Kier molecular flexibility index (Phi) is 5.23. The summed E-state index contributed by atoms with van der Waals surface area (Å²) < 4.78 is 13.8. The summed E-state index contributed by atoms with van der Waals surface area (Å²) >= 11 is 5.81. The van der Waals surface area contributed by atoms with Gasteiger partial charge in [-0.15, -0.1) is 0 Å². The second-order valence-corrected chi connectivity index (χ2v) is 6.30. The summed E-state index contributed by atoms with van der Waals surface area (Å²) in [6, 6.07) is 5.72. The minimum absolute atomic E-state index is 0.211. The molecule has 0 aliphatic heterocycles.